The molecule has 0 radical (unpaired) electrons. The molecule has 0 aliphatic carbocycles. The highest BCUT2D eigenvalue weighted by atomic mass is 16.2. The van der Waals surface area contributed by atoms with Gasteiger partial charge in [-0.25, -0.2) is 4.79 Å². The predicted octanol–water partition coefficient (Wildman–Crippen LogP) is 3.51. The smallest absolute Gasteiger partial charge is 0.321 e. The highest BCUT2D eigenvalue weighted by Gasteiger charge is 2.23. The molecule has 0 saturated carbocycles. The first-order valence-electron chi connectivity index (χ1n) is 7.13. The molecule has 0 fully saturated rings. The van der Waals surface area contributed by atoms with Crippen molar-refractivity contribution in [3.05, 3.63) is 54.2 Å². The van der Waals surface area contributed by atoms with Crippen molar-refractivity contribution >= 4 is 17.4 Å². The molecule has 2 N–H and O–H groups in total. The molecule has 0 atom stereocenters. The number of nitrogens with one attached hydrogen (secondary N) is 2. The van der Waals surface area contributed by atoms with Crippen molar-refractivity contribution in [2.24, 2.45) is 7.05 Å². The Hall–Kier alpha value is -2.56. The van der Waals surface area contributed by atoms with Crippen LogP contribution in [0.15, 0.2) is 43.1 Å². The molecule has 0 aliphatic heterocycles. The molecule has 0 bridgehead atoms. The van der Waals surface area contributed by atoms with Crippen molar-refractivity contribution < 1.29 is 4.79 Å². The quantitative estimate of drug-likeness (QED) is 0.907. The van der Waals surface area contributed by atoms with Crippen molar-refractivity contribution in [1.82, 2.24) is 15.1 Å². The predicted molar refractivity (Wildman–Crippen MR) is 89.5 cm³/mol. The van der Waals surface area contributed by atoms with Gasteiger partial charge in [-0.15, -0.1) is 0 Å². The van der Waals surface area contributed by atoms with Gasteiger partial charge in [0, 0.05) is 13.1 Å². The van der Waals surface area contributed by atoms with Gasteiger partial charge in [-0.3, -0.25) is 10.00 Å². The van der Waals surface area contributed by atoms with Crippen LogP contribution in [0.5, 0.6) is 0 Å². The number of aryl methyl sites for hydroxylation is 1. The number of hydrogen-bond acceptors (Lipinski definition) is 2. The summed E-state index contributed by atoms with van der Waals surface area (Å²) < 4.78 is 1.61. The largest absolute Gasteiger partial charge is 0.329 e. The Balaban J connectivity index is 2.13. The van der Waals surface area contributed by atoms with Crippen LogP contribution in [0, 0.1) is 0 Å². The number of benzene rings is 1. The second kappa shape index (κ2) is 6.05. The first-order chi connectivity index (χ1) is 10.3. The summed E-state index contributed by atoms with van der Waals surface area (Å²) >= 11 is 0. The summed E-state index contributed by atoms with van der Waals surface area (Å²) in [5, 5.41) is 9.79. The third-order valence-corrected chi connectivity index (χ3v) is 3.57. The molecule has 22 heavy (non-hydrogen) atoms. The maximum Gasteiger partial charge on any atom is 0.321 e. The molecule has 0 aliphatic rings. The van der Waals surface area contributed by atoms with E-state index in [2.05, 4.69) is 22.3 Å². The number of allylic oxidation sites excluding steroid dienone is 1. The Morgan fingerprint density at radius 1 is 1.32 bits per heavy atom. The van der Waals surface area contributed by atoms with E-state index in [-0.39, 0.29) is 6.03 Å². The molecule has 0 unspecified atom stereocenters. The first kappa shape index (κ1) is 15.8. The Morgan fingerprint density at radius 3 is 2.64 bits per heavy atom. The van der Waals surface area contributed by atoms with Gasteiger partial charge in [-0.2, -0.15) is 5.10 Å². The van der Waals surface area contributed by atoms with Crippen LogP contribution in [0.1, 0.15) is 31.9 Å². The maximum absolute atomic E-state index is 12.2. The molecule has 1 aromatic heterocycles. The average Bonchev–Trinajstić information content (AvgIpc) is 2.83. The topological polar surface area (TPSA) is 59.0 Å². The fourth-order valence-electron chi connectivity index (χ4n) is 2.17. The second-order valence-electron chi connectivity index (χ2n) is 5.91. The first-order valence-corrected chi connectivity index (χ1v) is 7.13. The average molecular weight is 298 g/mol. The Labute approximate surface area is 131 Å². The van der Waals surface area contributed by atoms with Crippen LogP contribution >= 0.6 is 0 Å². The van der Waals surface area contributed by atoms with E-state index in [1.807, 2.05) is 45.0 Å². The molecule has 0 spiro atoms. The molecule has 5 nitrogen and oxygen atoms in total. The van der Waals surface area contributed by atoms with Gasteiger partial charge in [-0.05, 0) is 38.0 Å². The number of rotatable bonds is 4. The summed E-state index contributed by atoms with van der Waals surface area (Å²) in [6, 6.07) is 9.51. The van der Waals surface area contributed by atoms with Crippen molar-refractivity contribution in [1.29, 1.82) is 0 Å². The molecule has 116 valence electrons. The van der Waals surface area contributed by atoms with E-state index in [0.717, 1.165) is 16.7 Å². The molecular formula is C17H22N4O. The molecule has 5 heteroatoms. The minimum atomic E-state index is -0.506. The zero-order valence-corrected chi connectivity index (χ0v) is 13.5. The number of carbonyl (C=O) groups excluding carboxylic acids is 1. The Morgan fingerprint density at radius 2 is 2.05 bits per heavy atom. The lowest BCUT2D eigenvalue weighted by atomic mass is 9.92. The van der Waals surface area contributed by atoms with E-state index >= 15 is 0 Å². The summed E-state index contributed by atoms with van der Waals surface area (Å²) in [6.07, 6.45) is 1.64. The van der Waals surface area contributed by atoms with Crippen molar-refractivity contribution in [3.63, 3.8) is 0 Å². The lowest BCUT2D eigenvalue weighted by molar-refractivity contribution is 0.241. The third kappa shape index (κ3) is 3.55. The zero-order chi connectivity index (χ0) is 16.3. The summed E-state index contributed by atoms with van der Waals surface area (Å²) in [7, 11) is 1.77. The van der Waals surface area contributed by atoms with E-state index in [4.69, 9.17) is 0 Å². The minimum absolute atomic E-state index is 0.269. The molecule has 1 aromatic carbocycles. The monoisotopic (exact) mass is 298 g/mol. The number of amides is 2. The molecule has 0 saturated heterocycles. The van der Waals surface area contributed by atoms with Crippen LogP contribution in [0.4, 0.5) is 10.6 Å². The highest BCUT2D eigenvalue weighted by molar-refractivity contribution is 5.88. The Kier molecular flexibility index (Phi) is 4.35. The normalized spacial score (nSPS) is 11.1. The van der Waals surface area contributed by atoms with Gasteiger partial charge in [0.15, 0.2) is 0 Å². The van der Waals surface area contributed by atoms with Gasteiger partial charge in [-0.1, -0.05) is 30.4 Å². The lowest BCUT2D eigenvalue weighted by Gasteiger charge is -2.27. The van der Waals surface area contributed by atoms with Crippen LogP contribution in [0.3, 0.4) is 0 Å². The molecule has 1 heterocycles. The number of carbonyl (C=O) groups is 1. The molecular weight excluding hydrogens is 276 g/mol. The van der Waals surface area contributed by atoms with Crippen LogP contribution in [0.25, 0.3) is 5.57 Å². The molecule has 2 amide bonds. The van der Waals surface area contributed by atoms with Gasteiger partial charge < -0.3 is 5.32 Å². The van der Waals surface area contributed by atoms with Crippen LogP contribution in [0.2, 0.25) is 0 Å². The standard InChI is InChI=1S/C17H22N4O/c1-12(2)13-7-6-8-14(11-13)17(3,4)20-16(22)19-15-9-10-18-21(15)5/h6-11H,1H2,2-5H3,(H2,19,20,22). The fraction of sp³-hybridized carbons (Fsp3) is 0.294. The fourth-order valence-corrected chi connectivity index (χ4v) is 2.17. The van der Waals surface area contributed by atoms with Crippen molar-refractivity contribution in [2.75, 3.05) is 5.32 Å². The number of anilines is 1. The summed E-state index contributed by atoms with van der Waals surface area (Å²) in [4.78, 5) is 12.2. The van der Waals surface area contributed by atoms with E-state index in [1.165, 1.54) is 0 Å². The van der Waals surface area contributed by atoms with Crippen molar-refractivity contribution in [3.8, 4) is 0 Å². The van der Waals surface area contributed by atoms with Gasteiger partial charge >= 0.3 is 6.03 Å². The summed E-state index contributed by atoms with van der Waals surface area (Å²) in [5.74, 6) is 0.643. The molecule has 2 rings (SSSR count). The van der Waals surface area contributed by atoms with Crippen LogP contribution in [-0.2, 0) is 12.6 Å². The summed E-state index contributed by atoms with van der Waals surface area (Å²) in [6.45, 7) is 9.86. The van der Waals surface area contributed by atoms with Crippen LogP contribution < -0.4 is 10.6 Å². The van der Waals surface area contributed by atoms with E-state index < -0.39 is 5.54 Å². The number of urea groups is 1. The van der Waals surface area contributed by atoms with E-state index in [1.54, 1.807) is 24.0 Å². The number of nitrogens with zero attached hydrogens (tertiary/aromatic N) is 2. The third-order valence-electron chi connectivity index (χ3n) is 3.57. The van der Waals surface area contributed by atoms with Crippen LogP contribution in [-0.4, -0.2) is 15.8 Å². The van der Waals surface area contributed by atoms with E-state index in [0.29, 0.717) is 5.82 Å². The second-order valence-corrected chi connectivity index (χ2v) is 5.91. The number of hydrogen-bond donors (Lipinski definition) is 2. The SMILES string of the molecule is C=C(C)c1cccc(C(C)(C)NC(=O)Nc2ccnn2C)c1. The van der Waals surface area contributed by atoms with Gasteiger partial charge in [0.05, 0.1) is 11.7 Å². The maximum atomic E-state index is 12.2. The van der Waals surface area contributed by atoms with E-state index in [9.17, 15) is 4.79 Å². The van der Waals surface area contributed by atoms with Gasteiger partial charge in [0.2, 0.25) is 0 Å². The minimum Gasteiger partial charge on any atom is -0.329 e. The molecule has 2 aromatic rings. The zero-order valence-electron chi connectivity index (χ0n) is 13.5. The summed E-state index contributed by atoms with van der Waals surface area (Å²) in [5.41, 5.74) is 2.58. The van der Waals surface area contributed by atoms with Gasteiger partial charge in [0.1, 0.15) is 5.82 Å². The van der Waals surface area contributed by atoms with Crippen molar-refractivity contribution in [2.45, 2.75) is 26.3 Å². The lowest BCUT2D eigenvalue weighted by Crippen LogP contribution is -2.43. The Bertz CT molecular complexity index is 700. The number of aromatic nitrogens is 2. The van der Waals surface area contributed by atoms with Gasteiger partial charge in [0.25, 0.3) is 0 Å². The highest BCUT2D eigenvalue weighted by Crippen LogP contribution is 2.23.